The standard InChI is InChI=1S/C16H21N3OS/c1-19(11-5-8-13-6-3-2-4-7-13)16(20)14-12-21-15(18-14)9-10-17/h2-4,6-7,12H,5,8-11,17H2,1H3. The number of aromatic nitrogens is 1. The second-order valence-corrected chi connectivity index (χ2v) is 5.92. The van der Waals surface area contributed by atoms with Gasteiger partial charge in [-0.05, 0) is 24.9 Å². The number of aryl methyl sites for hydroxylation is 1. The number of hydrogen-bond donors (Lipinski definition) is 1. The molecule has 4 nitrogen and oxygen atoms in total. The number of thiazole rings is 1. The van der Waals surface area contributed by atoms with Crippen LogP contribution in [-0.2, 0) is 12.8 Å². The van der Waals surface area contributed by atoms with Gasteiger partial charge in [0.15, 0.2) is 0 Å². The van der Waals surface area contributed by atoms with Crippen molar-refractivity contribution >= 4 is 17.2 Å². The van der Waals surface area contributed by atoms with Crippen LogP contribution in [-0.4, -0.2) is 35.9 Å². The number of benzene rings is 1. The van der Waals surface area contributed by atoms with Crippen molar-refractivity contribution < 1.29 is 4.79 Å². The van der Waals surface area contributed by atoms with Crippen molar-refractivity contribution in [2.45, 2.75) is 19.3 Å². The first-order chi connectivity index (χ1) is 10.2. The Hall–Kier alpha value is -1.72. The molecule has 2 rings (SSSR count). The Bertz CT molecular complexity index is 568. The minimum Gasteiger partial charge on any atom is -0.340 e. The Morgan fingerprint density at radius 1 is 1.29 bits per heavy atom. The van der Waals surface area contributed by atoms with Crippen molar-refractivity contribution in [1.29, 1.82) is 0 Å². The third-order valence-corrected chi connectivity index (χ3v) is 4.19. The fraction of sp³-hybridized carbons (Fsp3) is 0.375. The summed E-state index contributed by atoms with van der Waals surface area (Å²) in [5, 5.41) is 2.75. The van der Waals surface area contributed by atoms with Gasteiger partial charge in [0.05, 0.1) is 5.01 Å². The van der Waals surface area contributed by atoms with E-state index >= 15 is 0 Å². The molecule has 0 saturated carbocycles. The zero-order valence-electron chi connectivity index (χ0n) is 12.3. The summed E-state index contributed by atoms with van der Waals surface area (Å²) < 4.78 is 0. The molecular formula is C16H21N3OS. The maximum Gasteiger partial charge on any atom is 0.273 e. The number of amides is 1. The van der Waals surface area contributed by atoms with Crippen molar-refractivity contribution in [3.05, 3.63) is 52.0 Å². The molecule has 1 heterocycles. The van der Waals surface area contributed by atoms with E-state index < -0.39 is 0 Å². The van der Waals surface area contributed by atoms with Crippen molar-refractivity contribution in [3.63, 3.8) is 0 Å². The molecule has 0 radical (unpaired) electrons. The molecule has 0 aliphatic rings. The van der Waals surface area contributed by atoms with Gasteiger partial charge in [0.2, 0.25) is 0 Å². The van der Waals surface area contributed by atoms with Crippen molar-refractivity contribution in [2.75, 3.05) is 20.1 Å². The van der Waals surface area contributed by atoms with Crippen LogP contribution < -0.4 is 5.73 Å². The summed E-state index contributed by atoms with van der Waals surface area (Å²) >= 11 is 1.50. The molecule has 0 saturated heterocycles. The Kier molecular flexibility index (Phi) is 5.90. The maximum atomic E-state index is 12.2. The Balaban J connectivity index is 1.81. The summed E-state index contributed by atoms with van der Waals surface area (Å²) in [6.45, 7) is 1.30. The fourth-order valence-electron chi connectivity index (χ4n) is 2.11. The van der Waals surface area contributed by atoms with E-state index in [9.17, 15) is 4.79 Å². The Morgan fingerprint density at radius 2 is 2.05 bits per heavy atom. The van der Waals surface area contributed by atoms with Gasteiger partial charge in [0, 0.05) is 25.4 Å². The first-order valence-electron chi connectivity index (χ1n) is 7.14. The lowest BCUT2D eigenvalue weighted by Gasteiger charge is -2.15. The van der Waals surface area contributed by atoms with Crippen LogP contribution in [0.15, 0.2) is 35.7 Å². The SMILES string of the molecule is CN(CCCc1ccccc1)C(=O)c1csc(CCN)n1. The molecule has 0 aliphatic carbocycles. The van der Waals surface area contributed by atoms with E-state index in [1.807, 2.05) is 30.6 Å². The highest BCUT2D eigenvalue weighted by Gasteiger charge is 2.14. The van der Waals surface area contributed by atoms with Crippen LogP contribution >= 0.6 is 11.3 Å². The molecule has 1 aromatic carbocycles. The van der Waals surface area contributed by atoms with Gasteiger partial charge in [-0.15, -0.1) is 11.3 Å². The van der Waals surface area contributed by atoms with Gasteiger partial charge >= 0.3 is 0 Å². The summed E-state index contributed by atoms with van der Waals surface area (Å²) in [7, 11) is 1.83. The fourth-order valence-corrected chi connectivity index (χ4v) is 2.90. The number of carbonyl (C=O) groups excluding carboxylic acids is 1. The Labute approximate surface area is 129 Å². The molecule has 1 amide bonds. The topological polar surface area (TPSA) is 59.2 Å². The minimum absolute atomic E-state index is 0.0115. The second-order valence-electron chi connectivity index (χ2n) is 4.98. The molecule has 0 spiro atoms. The van der Waals surface area contributed by atoms with Crippen molar-refractivity contribution in [2.24, 2.45) is 5.73 Å². The van der Waals surface area contributed by atoms with Gasteiger partial charge in [-0.3, -0.25) is 4.79 Å². The molecule has 0 atom stereocenters. The summed E-state index contributed by atoms with van der Waals surface area (Å²) in [6.07, 6.45) is 2.66. The predicted molar refractivity (Wildman–Crippen MR) is 86.6 cm³/mol. The zero-order valence-corrected chi connectivity index (χ0v) is 13.1. The summed E-state index contributed by atoms with van der Waals surface area (Å²) in [5.74, 6) is -0.0115. The van der Waals surface area contributed by atoms with Crippen LogP contribution in [0.2, 0.25) is 0 Å². The molecule has 1 aromatic heterocycles. The highest BCUT2D eigenvalue weighted by molar-refractivity contribution is 7.09. The van der Waals surface area contributed by atoms with E-state index in [4.69, 9.17) is 5.73 Å². The molecule has 5 heteroatoms. The molecule has 0 fully saturated rings. The number of carbonyl (C=O) groups is 1. The minimum atomic E-state index is -0.0115. The quantitative estimate of drug-likeness (QED) is 0.854. The highest BCUT2D eigenvalue weighted by Crippen LogP contribution is 2.12. The average molecular weight is 303 g/mol. The number of nitrogens with zero attached hydrogens (tertiary/aromatic N) is 2. The first-order valence-corrected chi connectivity index (χ1v) is 8.02. The van der Waals surface area contributed by atoms with E-state index in [1.165, 1.54) is 16.9 Å². The van der Waals surface area contributed by atoms with Crippen molar-refractivity contribution in [1.82, 2.24) is 9.88 Å². The van der Waals surface area contributed by atoms with E-state index in [-0.39, 0.29) is 5.91 Å². The van der Waals surface area contributed by atoms with Gasteiger partial charge in [-0.2, -0.15) is 0 Å². The average Bonchev–Trinajstić information content (AvgIpc) is 2.96. The molecule has 0 aliphatic heterocycles. The molecule has 2 aromatic rings. The van der Waals surface area contributed by atoms with Crippen molar-refractivity contribution in [3.8, 4) is 0 Å². The Morgan fingerprint density at radius 3 is 2.76 bits per heavy atom. The molecule has 21 heavy (non-hydrogen) atoms. The third kappa shape index (κ3) is 4.65. The van der Waals surface area contributed by atoms with Gasteiger partial charge in [0.25, 0.3) is 5.91 Å². The van der Waals surface area contributed by atoms with E-state index in [2.05, 4.69) is 17.1 Å². The maximum absolute atomic E-state index is 12.2. The lowest BCUT2D eigenvalue weighted by atomic mass is 10.1. The normalized spacial score (nSPS) is 10.6. The summed E-state index contributed by atoms with van der Waals surface area (Å²) in [4.78, 5) is 18.3. The van der Waals surface area contributed by atoms with E-state index in [0.29, 0.717) is 12.2 Å². The second kappa shape index (κ2) is 7.90. The largest absolute Gasteiger partial charge is 0.340 e. The van der Waals surface area contributed by atoms with Gasteiger partial charge in [-0.1, -0.05) is 30.3 Å². The number of rotatable bonds is 7. The van der Waals surface area contributed by atoms with Crippen LogP contribution in [0.3, 0.4) is 0 Å². The van der Waals surface area contributed by atoms with Crippen LogP contribution in [0.25, 0.3) is 0 Å². The summed E-state index contributed by atoms with van der Waals surface area (Å²) in [5.41, 5.74) is 7.33. The third-order valence-electron chi connectivity index (χ3n) is 3.28. The molecule has 2 N–H and O–H groups in total. The van der Waals surface area contributed by atoms with E-state index in [1.54, 1.807) is 4.90 Å². The smallest absolute Gasteiger partial charge is 0.273 e. The monoisotopic (exact) mass is 303 g/mol. The lowest BCUT2D eigenvalue weighted by Crippen LogP contribution is -2.28. The van der Waals surface area contributed by atoms with E-state index in [0.717, 1.165) is 30.8 Å². The molecule has 112 valence electrons. The molecule has 0 unspecified atom stereocenters. The van der Waals surface area contributed by atoms with Gasteiger partial charge in [-0.25, -0.2) is 4.98 Å². The predicted octanol–water partition coefficient (Wildman–Crippen LogP) is 2.35. The molecule has 0 bridgehead atoms. The van der Waals surface area contributed by atoms with Crippen LogP contribution in [0.5, 0.6) is 0 Å². The first kappa shape index (κ1) is 15.7. The highest BCUT2D eigenvalue weighted by atomic mass is 32.1. The number of nitrogens with two attached hydrogens (primary N) is 1. The van der Waals surface area contributed by atoms with Gasteiger partial charge < -0.3 is 10.6 Å². The van der Waals surface area contributed by atoms with Gasteiger partial charge in [0.1, 0.15) is 5.69 Å². The van der Waals surface area contributed by atoms with Crippen LogP contribution in [0.1, 0.15) is 27.5 Å². The molecular weight excluding hydrogens is 282 g/mol. The zero-order chi connectivity index (χ0) is 15.1. The van der Waals surface area contributed by atoms with Crippen LogP contribution in [0, 0.1) is 0 Å². The van der Waals surface area contributed by atoms with Crippen LogP contribution in [0.4, 0.5) is 0 Å². The number of hydrogen-bond acceptors (Lipinski definition) is 4. The lowest BCUT2D eigenvalue weighted by molar-refractivity contribution is 0.0788. The summed E-state index contributed by atoms with van der Waals surface area (Å²) in [6, 6.07) is 10.3.